The summed E-state index contributed by atoms with van der Waals surface area (Å²) in [4.78, 5) is 4.75. The monoisotopic (exact) mass is 277 g/mol. The second-order valence-corrected chi connectivity index (χ2v) is 6.35. The van der Waals surface area contributed by atoms with E-state index in [-0.39, 0.29) is 5.54 Å². The van der Waals surface area contributed by atoms with E-state index in [2.05, 4.69) is 11.5 Å². The van der Waals surface area contributed by atoms with Crippen molar-refractivity contribution >= 4 is 22.6 Å². The number of benzene rings is 1. The minimum Gasteiger partial charge on any atom is -0.328 e. The lowest BCUT2D eigenvalue weighted by molar-refractivity contribution is 0.233. The largest absolute Gasteiger partial charge is 0.328 e. The molecule has 3 nitrogen and oxygen atoms in total. The molecular weight excluding hydrogens is 258 g/mol. The fourth-order valence-corrected chi connectivity index (χ4v) is 3.46. The van der Waals surface area contributed by atoms with Crippen LogP contribution in [0.3, 0.4) is 0 Å². The minimum atomic E-state index is -0.302. The third-order valence-electron chi connectivity index (χ3n) is 4.46. The second-order valence-electron chi connectivity index (χ2n) is 5.94. The Morgan fingerprint density at radius 2 is 2.05 bits per heavy atom. The van der Waals surface area contributed by atoms with Gasteiger partial charge in [-0.3, -0.25) is 0 Å². The van der Waals surface area contributed by atoms with Crippen molar-refractivity contribution < 1.29 is 0 Å². The summed E-state index contributed by atoms with van der Waals surface area (Å²) >= 11 is 6.28. The van der Waals surface area contributed by atoms with Crippen molar-refractivity contribution in [2.75, 3.05) is 0 Å². The van der Waals surface area contributed by atoms with Gasteiger partial charge in [0.2, 0.25) is 0 Å². The third-order valence-corrected chi connectivity index (χ3v) is 4.76. The van der Waals surface area contributed by atoms with E-state index >= 15 is 0 Å². The number of hydrogen-bond donors (Lipinski definition) is 1. The summed E-state index contributed by atoms with van der Waals surface area (Å²) in [6.45, 7) is 2.30. The van der Waals surface area contributed by atoms with Crippen LogP contribution in [0.4, 0.5) is 0 Å². The zero-order chi connectivity index (χ0) is 13.6. The molecule has 0 radical (unpaired) electrons. The molecule has 1 saturated carbocycles. The van der Waals surface area contributed by atoms with Gasteiger partial charge in [0.25, 0.3) is 0 Å². The van der Waals surface area contributed by atoms with Crippen LogP contribution in [0, 0.1) is 5.92 Å². The normalized spacial score (nSPS) is 27.9. The number of fused-ring (bicyclic) bond motifs is 1. The smallest absolute Gasteiger partial charge is 0.129 e. The van der Waals surface area contributed by atoms with Crippen LogP contribution in [0.2, 0.25) is 5.02 Å². The first-order chi connectivity index (χ1) is 9.01. The van der Waals surface area contributed by atoms with Crippen LogP contribution in [0.25, 0.3) is 11.0 Å². The van der Waals surface area contributed by atoms with Gasteiger partial charge in [-0.15, -0.1) is 0 Å². The Labute approximate surface area is 118 Å². The van der Waals surface area contributed by atoms with E-state index in [9.17, 15) is 0 Å². The maximum Gasteiger partial charge on any atom is 0.129 e. The van der Waals surface area contributed by atoms with E-state index in [0.29, 0.717) is 0 Å². The quantitative estimate of drug-likeness (QED) is 0.866. The summed E-state index contributed by atoms with van der Waals surface area (Å²) in [6.07, 6.45) is 4.35. The van der Waals surface area contributed by atoms with Gasteiger partial charge in [-0.25, -0.2) is 4.98 Å². The van der Waals surface area contributed by atoms with E-state index in [1.807, 2.05) is 25.2 Å². The van der Waals surface area contributed by atoms with Crippen molar-refractivity contribution in [1.29, 1.82) is 0 Å². The van der Waals surface area contributed by atoms with Gasteiger partial charge in [-0.05, 0) is 43.7 Å². The molecule has 0 amide bonds. The molecule has 0 atom stereocenters. The van der Waals surface area contributed by atoms with Gasteiger partial charge in [-0.1, -0.05) is 24.6 Å². The molecule has 0 spiro atoms. The minimum absolute atomic E-state index is 0.302. The number of aromatic nitrogens is 2. The van der Waals surface area contributed by atoms with Crippen molar-refractivity contribution in [3.05, 3.63) is 29.0 Å². The molecule has 19 heavy (non-hydrogen) atoms. The first kappa shape index (κ1) is 12.9. The van der Waals surface area contributed by atoms with Crippen LogP contribution in [0.5, 0.6) is 0 Å². The molecule has 3 rings (SSSR count). The molecule has 2 aromatic rings. The molecule has 1 aromatic carbocycles. The average molecular weight is 278 g/mol. The van der Waals surface area contributed by atoms with E-state index in [1.54, 1.807) is 0 Å². The summed E-state index contributed by atoms with van der Waals surface area (Å²) in [5.41, 5.74) is 8.26. The second kappa shape index (κ2) is 4.50. The zero-order valence-electron chi connectivity index (χ0n) is 11.5. The van der Waals surface area contributed by atoms with Gasteiger partial charge in [0.05, 0.1) is 21.6 Å². The van der Waals surface area contributed by atoms with Gasteiger partial charge >= 0.3 is 0 Å². The highest BCUT2D eigenvalue weighted by molar-refractivity contribution is 6.35. The van der Waals surface area contributed by atoms with Crippen molar-refractivity contribution in [2.24, 2.45) is 18.7 Å². The summed E-state index contributed by atoms with van der Waals surface area (Å²) in [7, 11) is 2.02. The van der Waals surface area contributed by atoms with Crippen molar-refractivity contribution in [3.8, 4) is 0 Å². The van der Waals surface area contributed by atoms with E-state index in [4.69, 9.17) is 22.3 Å². The van der Waals surface area contributed by atoms with Crippen molar-refractivity contribution in [3.63, 3.8) is 0 Å². The van der Waals surface area contributed by atoms with Crippen molar-refractivity contribution in [1.82, 2.24) is 9.55 Å². The molecule has 0 bridgehead atoms. The molecule has 0 aliphatic heterocycles. The number of nitrogens with two attached hydrogens (primary N) is 1. The Kier molecular flexibility index (Phi) is 3.06. The Balaban J connectivity index is 2.10. The SMILES string of the molecule is CC1CCC(N)(c2nc3cccc(Cl)c3n2C)CC1. The van der Waals surface area contributed by atoms with Gasteiger partial charge < -0.3 is 10.3 Å². The van der Waals surface area contributed by atoms with Gasteiger partial charge in [0, 0.05) is 7.05 Å². The maximum atomic E-state index is 6.63. The standard InChI is InChI=1S/C15H20ClN3/c1-10-6-8-15(17,9-7-10)14-18-12-5-3-4-11(16)13(12)19(14)2/h3-5,10H,6-9,17H2,1-2H3. The third kappa shape index (κ3) is 2.05. The average Bonchev–Trinajstić information content (AvgIpc) is 2.73. The Hall–Kier alpha value is -1.06. The number of halogens is 1. The molecule has 0 saturated heterocycles. The molecule has 1 heterocycles. The van der Waals surface area contributed by atoms with Gasteiger partial charge in [0.15, 0.2) is 0 Å². The summed E-state index contributed by atoms with van der Waals surface area (Å²) in [5, 5.41) is 0.742. The van der Waals surface area contributed by atoms with Crippen LogP contribution in [0.1, 0.15) is 38.4 Å². The predicted molar refractivity (Wildman–Crippen MR) is 79.2 cm³/mol. The van der Waals surface area contributed by atoms with Crippen LogP contribution in [-0.2, 0) is 12.6 Å². The Morgan fingerprint density at radius 1 is 1.37 bits per heavy atom. The van der Waals surface area contributed by atoms with Gasteiger partial charge in [0.1, 0.15) is 5.82 Å². The van der Waals surface area contributed by atoms with Crippen LogP contribution in [-0.4, -0.2) is 9.55 Å². The molecule has 0 unspecified atom stereocenters. The Morgan fingerprint density at radius 3 is 2.68 bits per heavy atom. The molecule has 4 heteroatoms. The lowest BCUT2D eigenvalue weighted by Crippen LogP contribution is -2.42. The molecule has 1 aliphatic carbocycles. The Bertz CT molecular complexity index is 609. The topological polar surface area (TPSA) is 43.8 Å². The maximum absolute atomic E-state index is 6.63. The van der Waals surface area contributed by atoms with Crippen LogP contribution >= 0.6 is 11.6 Å². The summed E-state index contributed by atoms with van der Waals surface area (Å²) in [5.74, 6) is 1.75. The molecule has 1 aliphatic rings. The number of rotatable bonds is 1. The first-order valence-electron chi connectivity index (χ1n) is 6.91. The van der Waals surface area contributed by atoms with Crippen molar-refractivity contribution in [2.45, 2.75) is 38.1 Å². The summed E-state index contributed by atoms with van der Waals surface area (Å²) < 4.78 is 2.08. The number of imidazole rings is 1. The van der Waals surface area contributed by atoms with E-state index in [0.717, 1.165) is 40.6 Å². The predicted octanol–water partition coefficient (Wildman–Crippen LogP) is 3.59. The highest BCUT2D eigenvalue weighted by Gasteiger charge is 2.36. The first-order valence-corrected chi connectivity index (χ1v) is 7.29. The van der Waals surface area contributed by atoms with Crippen LogP contribution in [0.15, 0.2) is 18.2 Å². The number of hydrogen-bond acceptors (Lipinski definition) is 2. The number of para-hydroxylation sites is 1. The van der Waals surface area contributed by atoms with E-state index < -0.39 is 0 Å². The van der Waals surface area contributed by atoms with E-state index in [1.165, 1.54) is 12.8 Å². The number of nitrogens with zero attached hydrogens (tertiary/aromatic N) is 2. The molecule has 1 fully saturated rings. The van der Waals surface area contributed by atoms with Gasteiger partial charge in [-0.2, -0.15) is 0 Å². The fraction of sp³-hybridized carbons (Fsp3) is 0.533. The molecule has 2 N–H and O–H groups in total. The lowest BCUT2D eigenvalue weighted by Gasteiger charge is -2.35. The van der Waals surface area contributed by atoms with Crippen LogP contribution < -0.4 is 5.73 Å². The molecule has 102 valence electrons. The highest BCUT2D eigenvalue weighted by atomic mass is 35.5. The summed E-state index contributed by atoms with van der Waals surface area (Å²) in [6, 6.07) is 5.84. The molecular formula is C15H20ClN3. The fourth-order valence-electron chi connectivity index (χ4n) is 3.17. The molecule has 1 aromatic heterocycles. The highest BCUT2D eigenvalue weighted by Crippen LogP contribution is 2.38. The zero-order valence-corrected chi connectivity index (χ0v) is 12.2. The lowest BCUT2D eigenvalue weighted by atomic mass is 9.77. The number of aryl methyl sites for hydroxylation is 1.